The second-order valence-corrected chi connectivity index (χ2v) is 7.34. The van der Waals surface area contributed by atoms with Crippen LogP contribution < -0.4 is 0 Å². The van der Waals surface area contributed by atoms with Crippen molar-refractivity contribution in [1.29, 1.82) is 0 Å². The topological polar surface area (TPSA) is 43.4 Å². The molecule has 0 aliphatic carbocycles. The fourth-order valence-electron chi connectivity index (χ4n) is 1.83. The molecule has 0 spiro atoms. The van der Waals surface area contributed by atoms with Crippen LogP contribution in [0.5, 0.6) is 0 Å². The van der Waals surface area contributed by atoms with Gasteiger partial charge in [0.25, 0.3) is 0 Å². The van der Waals surface area contributed by atoms with Crippen molar-refractivity contribution in [2.24, 2.45) is 0 Å². The van der Waals surface area contributed by atoms with Crippen molar-refractivity contribution < 1.29 is 30.2 Å². The van der Waals surface area contributed by atoms with E-state index in [0.717, 1.165) is 29.8 Å². The van der Waals surface area contributed by atoms with Crippen molar-refractivity contribution in [3.63, 3.8) is 0 Å². The van der Waals surface area contributed by atoms with E-state index in [-0.39, 0.29) is 5.56 Å². The van der Waals surface area contributed by atoms with Crippen LogP contribution >= 0.6 is 15.9 Å². The van der Waals surface area contributed by atoms with Gasteiger partial charge in [0.2, 0.25) is 5.76 Å². The third-order valence-electron chi connectivity index (χ3n) is 3.04. The van der Waals surface area contributed by atoms with E-state index in [1.165, 1.54) is 24.3 Å². The summed E-state index contributed by atoms with van der Waals surface area (Å²) in [5.74, 6) is -2.57. The molecule has 25 heavy (non-hydrogen) atoms. The molecule has 2 aromatic carbocycles. The minimum atomic E-state index is -5.12. The summed E-state index contributed by atoms with van der Waals surface area (Å²) in [6.07, 6.45) is -5.12. The Morgan fingerprint density at radius 3 is 2.20 bits per heavy atom. The van der Waals surface area contributed by atoms with Gasteiger partial charge in [0.15, 0.2) is 0 Å². The van der Waals surface area contributed by atoms with Crippen molar-refractivity contribution in [3.05, 3.63) is 71.2 Å². The van der Waals surface area contributed by atoms with Gasteiger partial charge in [-0.15, -0.1) is 0 Å². The SMILES string of the molecule is Cc1ccc(S(=O)(=O)O/C(=C(\Br)c2cccc(F)c2)C(F)(F)F)cc1. The molecule has 0 saturated carbocycles. The van der Waals surface area contributed by atoms with Crippen LogP contribution in [0.3, 0.4) is 0 Å². The lowest BCUT2D eigenvalue weighted by atomic mass is 10.2. The molecule has 0 N–H and O–H groups in total. The van der Waals surface area contributed by atoms with Crippen molar-refractivity contribution in [2.75, 3.05) is 0 Å². The molecule has 9 heteroatoms. The third-order valence-corrected chi connectivity index (χ3v) is 5.09. The Labute approximate surface area is 150 Å². The van der Waals surface area contributed by atoms with E-state index < -0.39 is 37.2 Å². The van der Waals surface area contributed by atoms with Gasteiger partial charge in [-0.3, -0.25) is 0 Å². The highest BCUT2D eigenvalue weighted by molar-refractivity contribution is 9.15. The van der Waals surface area contributed by atoms with Crippen molar-refractivity contribution in [1.82, 2.24) is 0 Å². The van der Waals surface area contributed by atoms with Gasteiger partial charge in [-0.2, -0.15) is 21.6 Å². The molecule has 0 aromatic heterocycles. The predicted octanol–water partition coefficient (Wildman–Crippen LogP) is 5.17. The molecule has 0 heterocycles. The zero-order valence-corrected chi connectivity index (χ0v) is 15.0. The Balaban J connectivity index is 2.52. The van der Waals surface area contributed by atoms with Crippen LogP contribution in [0.2, 0.25) is 0 Å². The lowest BCUT2D eigenvalue weighted by Crippen LogP contribution is -2.19. The highest BCUT2D eigenvalue weighted by Crippen LogP contribution is 2.38. The minimum absolute atomic E-state index is 0.216. The summed E-state index contributed by atoms with van der Waals surface area (Å²) in [6, 6.07) is 9.35. The smallest absolute Gasteiger partial charge is 0.372 e. The average molecular weight is 439 g/mol. The largest absolute Gasteiger partial charge is 0.451 e. The van der Waals surface area contributed by atoms with Crippen LogP contribution in [0.1, 0.15) is 11.1 Å². The van der Waals surface area contributed by atoms with Gasteiger partial charge in [-0.1, -0.05) is 29.8 Å². The molecule has 0 radical (unpaired) electrons. The van der Waals surface area contributed by atoms with Crippen LogP contribution in [0.15, 0.2) is 59.2 Å². The van der Waals surface area contributed by atoms with Crippen LogP contribution in [0.4, 0.5) is 17.6 Å². The summed E-state index contributed by atoms with van der Waals surface area (Å²) in [5.41, 5.74) is 0.512. The Kier molecular flexibility index (Phi) is 5.58. The van der Waals surface area contributed by atoms with E-state index in [2.05, 4.69) is 20.1 Å². The fourth-order valence-corrected chi connectivity index (χ4v) is 3.45. The quantitative estimate of drug-likeness (QED) is 0.375. The standard InChI is InChI=1S/C16H11BrF4O3S/c1-10-5-7-13(8-6-10)25(22,23)24-15(16(19,20)21)14(17)11-3-2-4-12(18)9-11/h2-9H,1H3/b15-14-. The molecule has 0 atom stereocenters. The normalized spacial score (nSPS) is 13.4. The van der Waals surface area contributed by atoms with Gasteiger partial charge < -0.3 is 4.18 Å². The van der Waals surface area contributed by atoms with E-state index in [4.69, 9.17) is 0 Å². The second kappa shape index (κ2) is 7.17. The van der Waals surface area contributed by atoms with Crippen LogP contribution in [-0.2, 0) is 14.3 Å². The van der Waals surface area contributed by atoms with Gasteiger partial charge in [-0.05, 0) is 52.7 Å². The molecule has 0 bridgehead atoms. The molecule has 134 valence electrons. The van der Waals surface area contributed by atoms with Crippen LogP contribution in [-0.4, -0.2) is 14.6 Å². The number of allylic oxidation sites excluding steroid dienone is 1. The third kappa shape index (κ3) is 4.82. The van der Waals surface area contributed by atoms with E-state index >= 15 is 0 Å². The molecular weight excluding hydrogens is 428 g/mol. The Morgan fingerprint density at radius 2 is 1.68 bits per heavy atom. The number of benzene rings is 2. The van der Waals surface area contributed by atoms with E-state index in [9.17, 15) is 26.0 Å². The average Bonchev–Trinajstić information content (AvgIpc) is 2.51. The first-order valence-corrected chi connectivity index (χ1v) is 8.95. The molecule has 3 nitrogen and oxygen atoms in total. The zero-order chi connectivity index (χ0) is 18.8. The maximum absolute atomic E-state index is 13.3. The van der Waals surface area contributed by atoms with Crippen molar-refractivity contribution >= 4 is 30.5 Å². The molecule has 0 amide bonds. The number of alkyl halides is 3. The number of halogens is 5. The summed E-state index contributed by atoms with van der Waals surface area (Å²) in [4.78, 5) is -0.431. The molecular formula is C16H11BrF4O3S. The highest BCUT2D eigenvalue weighted by Gasteiger charge is 2.42. The molecule has 0 aliphatic rings. The Bertz CT molecular complexity index is 904. The summed E-state index contributed by atoms with van der Waals surface area (Å²) in [7, 11) is -4.72. The molecule has 2 rings (SSSR count). The fraction of sp³-hybridized carbons (Fsp3) is 0.125. The highest BCUT2D eigenvalue weighted by atomic mass is 79.9. The van der Waals surface area contributed by atoms with Gasteiger partial charge in [-0.25, -0.2) is 4.39 Å². The Morgan fingerprint density at radius 1 is 1.08 bits per heavy atom. The molecule has 2 aromatic rings. The summed E-state index contributed by atoms with van der Waals surface area (Å²) in [5, 5.41) is 0. The van der Waals surface area contributed by atoms with Gasteiger partial charge in [0.05, 0.1) is 4.48 Å². The maximum atomic E-state index is 13.3. The second-order valence-electron chi connectivity index (χ2n) is 5.00. The molecule has 0 aliphatic heterocycles. The monoisotopic (exact) mass is 438 g/mol. The summed E-state index contributed by atoms with van der Waals surface area (Å²) < 4.78 is 81.1. The zero-order valence-electron chi connectivity index (χ0n) is 12.6. The van der Waals surface area contributed by atoms with Crippen LogP contribution in [0.25, 0.3) is 4.48 Å². The van der Waals surface area contributed by atoms with E-state index in [1.54, 1.807) is 6.92 Å². The van der Waals surface area contributed by atoms with Gasteiger partial charge >= 0.3 is 16.3 Å². The van der Waals surface area contributed by atoms with Gasteiger partial charge in [0.1, 0.15) is 10.7 Å². The summed E-state index contributed by atoms with van der Waals surface area (Å²) in [6.45, 7) is 1.69. The minimum Gasteiger partial charge on any atom is -0.372 e. The number of hydrogen-bond donors (Lipinski definition) is 0. The number of hydrogen-bond acceptors (Lipinski definition) is 3. The van der Waals surface area contributed by atoms with Crippen molar-refractivity contribution in [2.45, 2.75) is 18.0 Å². The predicted molar refractivity (Wildman–Crippen MR) is 87.8 cm³/mol. The molecule has 0 saturated heterocycles. The van der Waals surface area contributed by atoms with E-state index in [0.29, 0.717) is 0 Å². The summed E-state index contributed by atoms with van der Waals surface area (Å²) >= 11 is 2.66. The first-order valence-electron chi connectivity index (χ1n) is 6.75. The first-order chi connectivity index (χ1) is 11.5. The lowest BCUT2D eigenvalue weighted by Gasteiger charge is -2.16. The molecule has 0 unspecified atom stereocenters. The number of rotatable bonds is 4. The van der Waals surface area contributed by atoms with E-state index in [1.807, 2.05) is 0 Å². The number of aryl methyl sites for hydroxylation is 1. The van der Waals surface area contributed by atoms with Crippen molar-refractivity contribution in [3.8, 4) is 0 Å². The maximum Gasteiger partial charge on any atom is 0.451 e. The van der Waals surface area contributed by atoms with Crippen LogP contribution in [0, 0.1) is 12.7 Å². The first kappa shape index (κ1) is 19.5. The lowest BCUT2D eigenvalue weighted by molar-refractivity contribution is -0.114. The molecule has 0 fully saturated rings. The Hall–Kier alpha value is -1.87. The van der Waals surface area contributed by atoms with Gasteiger partial charge in [0, 0.05) is 0 Å².